The van der Waals surface area contributed by atoms with E-state index in [4.69, 9.17) is 0 Å². The summed E-state index contributed by atoms with van der Waals surface area (Å²) in [7, 11) is -3.72. The lowest BCUT2D eigenvalue weighted by Gasteiger charge is -2.33. The molecule has 12 heteroatoms. The summed E-state index contributed by atoms with van der Waals surface area (Å²) >= 11 is 0. The fraction of sp³-hybridized carbons (Fsp3) is 0.478. The average molecular weight is 517 g/mol. The fourth-order valence-corrected chi connectivity index (χ4v) is 4.40. The molecule has 0 saturated carbocycles. The second-order valence-electron chi connectivity index (χ2n) is 8.90. The maximum Gasteiger partial charge on any atom is 0.433 e. The van der Waals surface area contributed by atoms with Crippen LogP contribution in [0.2, 0.25) is 0 Å². The van der Waals surface area contributed by atoms with E-state index in [-0.39, 0.29) is 18.1 Å². The van der Waals surface area contributed by atoms with E-state index >= 15 is 0 Å². The number of carbonyl (C=O) groups excluding carboxylic acids is 1. The molecule has 2 N–H and O–H groups in total. The van der Waals surface area contributed by atoms with Gasteiger partial charge in [0.05, 0.1) is 17.9 Å². The number of nitrogens with one attached hydrogen (secondary N) is 2. The van der Waals surface area contributed by atoms with E-state index < -0.39 is 39.5 Å². The Balaban J connectivity index is 1.78. The molecule has 1 saturated heterocycles. The number of halogens is 4. The maximum absolute atomic E-state index is 14.0. The number of piperidine rings is 1. The first-order chi connectivity index (χ1) is 16.2. The third-order valence-electron chi connectivity index (χ3n) is 5.96. The molecule has 0 aliphatic carbocycles. The van der Waals surface area contributed by atoms with Gasteiger partial charge in [0.2, 0.25) is 15.9 Å². The number of anilines is 2. The van der Waals surface area contributed by atoms with Crippen molar-refractivity contribution in [1.29, 1.82) is 0 Å². The summed E-state index contributed by atoms with van der Waals surface area (Å²) in [6.45, 7) is 4.73. The summed E-state index contributed by atoms with van der Waals surface area (Å²) in [4.78, 5) is 18.5. The highest BCUT2D eigenvalue weighted by Gasteiger charge is 2.34. The van der Waals surface area contributed by atoms with Gasteiger partial charge in [0.15, 0.2) is 0 Å². The maximum atomic E-state index is 14.0. The fourth-order valence-electron chi connectivity index (χ4n) is 3.84. The molecule has 0 spiro atoms. The summed E-state index contributed by atoms with van der Waals surface area (Å²) in [5, 5.41) is 2.71. The molecule has 0 radical (unpaired) electrons. The second kappa shape index (κ2) is 10.4. The monoisotopic (exact) mass is 516 g/mol. The first-order valence-corrected chi connectivity index (χ1v) is 13.0. The van der Waals surface area contributed by atoms with Crippen LogP contribution >= 0.6 is 0 Å². The molecule has 1 aromatic carbocycles. The van der Waals surface area contributed by atoms with Crippen molar-refractivity contribution < 1.29 is 30.8 Å². The van der Waals surface area contributed by atoms with Crippen LogP contribution in [0.3, 0.4) is 0 Å². The van der Waals surface area contributed by atoms with Crippen molar-refractivity contribution in [3.05, 3.63) is 53.0 Å². The Morgan fingerprint density at radius 3 is 2.46 bits per heavy atom. The third kappa shape index (κ3) is 7.06. The van der Waals surface area contributed by atoms with Crippen LogP contribution in [0.25, 0.3) is 0 Å². The molecule has 1 amide bonds. The van der Waals surface area contributed by atoms with Gasteiger partial charge in [0, 0.05) is 25.2 Å². The topological polar surface area (TPSA) is 91.4 Å². The zero-order chi connectivity index (χ0) is 26.0. The van der Waals surface area contributed by atoms with Gasteiger partial charge < -0.3 is 10.2 Å². The molecular weight excluding hydrogens is 488 g/mol. The Bertz CT molecular complexity index is 1180. The van der Waals surface area contributed by atoms with Crippen molar-refractivity contribution in [2.45, 2.75) is 45.3 Å². The van der Waals surface area contributed by atoms with Crippen molar-refractivity contribution in [3.8, 4) is 0 Å². The molecule has 1 atom stereocenters. The van der Waals surface area contributed by atoms with Gasteiger partial charge in [-0.3, -0.25) is 9.52 Å². The number of alkyl halides is 3. The van der Waals surface area contributed by atoms with E-state index in [9.17, 15) is 30.8 Å². The van der Waals surface area contributed by atoms with Gasteiger partial charge in [-0.2, -0.15) is 13.2 Å². The van der Waals surface area contributed by atoms with Gasteiger partial charge >= 0.3 is 6.18 Å². The van der Waals surface area contributed by atoms with Crippen LogP contribution in [0.15, 0.2) is 30.3 Å². The van der Waals surface area contributed by atoms with Crippen molar-refractivity contribution in [1.82, 2.24) is 10.3 Å². The van der Waals surface area contributed by atoms with Crippen molar-refractivity contribution >= 4 is 27.4 Å². The Hall–Kier alpha value is -2.89. The molecule has 3 rings (SSSR count). The predicted octanol–water partition coefficient (Wildman–Crippen LogP) is 4.27. The summed E-state index contributed by atoms with van der Waals surface area (Å²) in [6, 6.07) is 5.87. The van der Waals surface area contributed by atoms with Crippen molar-refractivity contribution in [2.24, 2.45) is 5.92 Å². The molecule has 1 aromatic heterocycles. The van der Waals surface area contributed by atoms with Gasteiger partial charge in [-0.25, -0.2) is 17.8 Å². The molecule has 7 nitrogen and oxygen atoms in total. The largest absolute Gasteiger partial charge is 0.433 e. The van der Waals surface area contributed by atoms with Crippen LogP contribution in [0, 0.1) is 11.7 Å². The molecule has 1 aliphatic heterocycles. The van der Waals surface area contributed by atoms with Crippen LogP contribution in [0.4, 0.5) is 29.1 Å². The number of sulfonamides is 1. The quantitative estimate of drug-likeness (QED) is 0.537. The average Bonchev–Trinajstić information content (AvgIpc) is 2.77. The number of hydrogen-bond donors (Lipinski definition) is 2. The third-order valence-corrected chi connectivity index (χ3v) is 6.55. The molecule has 0 bridgehead atoms. The number of aromatic nitrogens is 1. The normalized spacial score (nSPS) is 16.1. The highest BCUT2D eigenvalue weighted by atomic mass is 32.2. The lowest BCUT2D eigenvalue weighted by atomic mass is 9.98. The minimum absolute atomic E-state index is 0.0503. The Kier molecular flexibility index (Phi) is 7.93. The van der Waals surface area contributed by atoms with E-state index in [1.54, 1.807) is 6.92 Å². The number of nitrogens with zero attached hydrogens (tertiary/aromatic N) is 2. The molecule has 192 valence electrons. The molecule has 2 aromatic rings. The zero-order valence-corrected chi connectivity index (χ0v) is 20.4. The Morgan fingerprint density at radius 1 is 1.20 bits per heavy atom. The lowest BCUT2D eigenvalue weighted by molar-refractivity contribution is -0.141. The van der Waals surface area contributed by atoms with Gasteiger partial charge in [-0.05, 0) is 49.4 Å². The Labute approximate surface area is 202 Å². The highest BCUT2D eigenvalue weighted by Crippen LogP contribution is 2.32. The summed E-state index contributed by atoms with van der Waals surface area (Å²) in [5.74, 6) is -1.36. The van der Waals surface area contributed by atoms with Crippen LogP contribution in [0.1, 0.15) is 49.4 Å². The van der Waals surface area contributed by atoms with Crippen LogP contribution < -0.4 is 14.9 Å². The zero-order valence-electron chi connectivity index (χ0n) is 19.6. The predicted molar refractivity (Wildman–Crippen MR) is 125 cm³/mol. The standard InChI is InChI=1S/C23H28F4N4O3S/c1-14-8-10-31(11-9-14)21-17(5-7-20(29-21)23(25,26)27)13-28-22(32)15(2)16-4-6-18(24)19(12-16)30-35(3,33)34/h4-7,12,14-15,30H,8-11,13H2,1-3H3,(H,28,32). The number of pyridine rings is 1. The van der Waals surface area contributed by atoms with Crippen molar-refractivity contribution in [3.63, 3.8) is 0 Å². The van der Waals surface area contributed by atoms with E-state index in [0.29, 0.717) is 30.1 Å². The van der Waals surface area contributed by atoms with E-state index in [1.165, 1.54) is 18.2 Å². The smallest absolute Gasteiger partial charge is 0.356 e. The van der Waals surface area contributed by atoms with Crippen LogP contribution in [-0.4, -0.2) is 38.7 Å². The van der Waals surface area contributed by atoms with E-state index in [1.807, 2.05) is 4.90 Å². The molecular formula is C23H28F4N4O3S. The van der Waals surface area contributed by atoms with Crippen LogP contribution in [-0.2, 0) is 27.5 Å². The molecule has 1 fully saturated rings. The second-order valence-corrected chi connectivity index (χ2v) is 10.6. The van der Waals surface area contributed by atoms with Gasteiger partial charge in [-0.1, -0.05) is 19.1 Å². The summed E-state index contributed by atoms with van der Waals surface area (Å²) in [5.41, 5.74) is -0.456. The minimum atomic E-state index is -4.59. The van der Waals surface area contributed by atoms with Gasteiger partial charge in [-0.15, -0.1) is 0 Å². The van der Waals surface area contributed by atoms with Crippen molar-refractivity contribution in [2.75, 3.05) is 29.0 Å². The van der Waals surface area contributed by atoms with E-state index in [0.717, 1.165) is 31.2 Å². The van der Waals surface area contributed by atoms with Gasteiger partial charge in [0.1, 0.15) is 17.3 Å². The summed E-state index contributed by atoms with van der Waals surface area (Å²) < 4.78 is 78.8. The molecule has 2 heterocycles. The summed E-state index contributed by atoms with van der Waals surface area (Å²) in [6.07, 6.45) is -2.05. The minimum Gasteiger partial charge on any atom is -0.356 e. The highest BCUT2D eigenvalue weighted by molar-refractivity contribution is 7.92. The molecule has 1 unspecified atom stereocenters. The van der Waals surface area contributed by atoms with Gasteiger partial charge in [0.25, 0.3) is 0 Å². The first-order valence-electron chi connectivity index (χ1n) is 11.1. The number of hydrogen-bond acceptors (Lipinski definition) is 5. The van der Waals surface area contributed by atoms with Crippen LogP contribution in [0.5, 0.6) is 0 Å². The number of amides is 1. The SMILES string of the molecule is CC1CCN(c2nc(C(F)(F)F)ccc2CNC(=O)C(C)c2ccc(F)c(NS(C)(=O)=O)c2)CC1. The molecule has 35 heavy (non-hydrogen) atoms. The number of benzene rings is 1. The Morgan fingerprint density at radius 2 is 1.86 bits per heavy atom. The van der Waals surface area contributed by atoms with E-state index in [2.05, 4.69) is 21.9 Å². The number of rotatable bonds is 7. The lowest BCUT2D eigenvalue weighted by Crippen LogP contribution is -2.35. The first kappa shape index (κ1) is 26.7. The number of carbonyl (C=O) groups is 1. The molecule has 1 aliphatic rings.